The SMILES string of the molecule is CN(CC(=O)Nc1ccccc1C(C)(C)C)S(=O)(=O)c1ccc2c(c1)OCCCO2. The molecule has 2 aromatic carbocycles. The Labute approximate surface area is 178 Å². The summed E-state index contributed by atoms with van der Waals surface area (Å²) in [7, 11) is -2.49. The predicted octanol–water partition coefficient (Wildman–Crippen LogP) is 3.40. The standard InChI is InChI=1S/C22H28N2O5S/c1-22(2,3)17-8-5-6-9-18(17)23-21(25)15-24(4)30(26,27)16-10-11-19-20(14-16)29-13-7-12-28-19/h5-6,8-11,14H,7,12-13,15H2,1-4H3,(H,23,25). The van der Waals surface area contributed by atoms with Gasteiger partial charge in [0, 0.05) is 25.2 Å². The third-order valence-corrected chi connectivity index (χ3v) is 6.60. The van der Waals surface area contributed by atoms with E-state index in [9.17, 15) is 13.2 Å². The molecule has 0 saturated carbocycles. The minimum absolute atomic E-state index is 0.0529. The van der Waals surface area contributed by atoms with Crippen LogP contribution in [0.25, 0.3) is 0 Å². The van der Waals surface area contributed by atoms with Crippen LogP contribution in [0.2, 0.25) is 0 Å². The van der Waals surface area contributed by atoms with Gasteiger partial charge in [-0.1, -0.05) is 39.0 Å². The molecule has 30 heavy (non-hydrogen) atoms. The van der Waals surface area contributed by atoms with E-state index in [2.05, 4.69) is 26.1 Å². The summed E-state index contributed by atoms with van der Waals surface area (Å²) < 4.78 is 38.1. The zero-order valence-electron chi connectivity index (χ0n) is 17.8. The molecule has 1 N–H and O–H groups in total. The zero-order chi connectivity index (χ0) is 21.9. The van der Waals surface area contributed by atoms with Crippen LogP contribution in [-0.2, 0) is 20.2 Å². The first-order valence-electron chi connectivity index (χ1n) is 9.84. The first-order chi connectivity index (χ1) is 14.1. The van der Waals surface area contributed by atoms with E-state index in [4.69, 9.17) is 9.47 Å². The molecule has 0 radical (unpaired) electrons. The normalized spacial score (nSPS) is 14.3. The highest BCUT2D eigenvalue weighted by Crippen LogP contribution is 2.33. The van der Waals surface area contributed by atoms with Crippen molar-refractivity contribution in [1.82, 2.24) is 4.31 Å². The lowest BCUT2D eigenvalue weighted by Gasteiger charge is -2.23. The number of nitrogens with zero attached hydrogens (tertiary/aromatic N) is 1. The summed E-state index contributed by atoms with van der Waals surface area (Å²) in [4.78, 5) is 12.6. The van der Waals surface area contributed by atoms with Gasteiger partial charge in [-0.15, -0.1) is 0 Å². The molecule has 3 rings (SSSR count). The van der Waals surface area contributed by atoms with Crippen molar-refractivity contribution in [3.63, 3.8) is 0 Å². The fourth-order valence-corrected chi connectivity index (χ4v) is 4.35. The highest BCUT2D eigenvalue weighted by Gasteiger charge is 2.26. The van der Waals surface area contributed by atoms with Gasteiger partial charge in [0.15, 0.2) is 11.5 Å². The van der Waals surface area contributed by atoms with E-state index in [1.54, 1.807) is 6.07 Å². The molecule has 8 heteroatoms. The minimum Gasteiger partial charge on any atom is -0.490 e. The highest BCUT2D eigenvalue weighted by molar-refractivity contribution is 7.89. The summed E-state index contributed by atoms with van der Waals surface area (Å²) in [6.07, 6.45) is 0.729. The summed E-state index contributed by atoms with van der Waals surface area (Å²) in [5.41, 5.74) is 1.49. The predicted molar refractivity (Wildman–Crippen MR) is 116 cm³/mol. The van der Waals surface area contributed by atoms with Crippen LogP contribution in [0.15, 0.2) is 47.4 Å². The Balaban J connectivity index is 1.75. The van der Waals surface area contributed by atoms with E-state index < -0.39 is 15.9 Å². The van der Waals surface area contributed by atoms with Gasteiger partial charge < -0.3 is 14.8 Å². The van der Waals surface area contributed by atoms with Gasteiger partial charge in [0.1, 0.15) is 0 Å². The van der Waals surface area contributed by atoms with Gasteiger partial charge >= 0.3 is 0 Å². The smallest absolute Gasteiger partial charge is 0.243 e. The van der Waals surface area contributed by atoms with E-state index >= 15 is 0 Å². The second kappa shape index (κ2) is 8.65. The lowest BCUT2D eigenvalue weighted by molar-refractivity contribution is -0.116. The average Bonchev–Trinajstić information content (AvgIpc) is 2.92. The largest absolute Gasteiger partial charge is 0.490 e. The molecule has 0 fully saturated rings. The van der Waals surface area contributed by atoms with Gasteiger partial charge in [0.2, 0.25) is 15.9 Å². The van der Waals surface area contributed by atoms with Gasteiger partial charge in [-0.3, -0.25) is 4.79 Å². The number of para-hydroxylation sites is 1. The molecule has 0 unspecified atom stereocenters. The molecular weight excluding hydrogens is 404 g/mol. The van der Waals surface area contributed by atoms with Crippen LogP contribution >= 0.6 is 0 Å². The van der Waals surface area contributed by atoms with Gasteiger partial charge in [0.05, 0.1) is 24.7 Å². The number of carbonyl (C=O) groups is 1. The Morgan fingerprint density at radius 1 is 1.07 bits per heavy atom. The number of fused-ring (bicyclic) bond motifs is 1. The number of sulfonamides is 1. The van der Waals surface area contributed by atoms with Gasteiger partial charge in [-0.25, -0.2) is 8.42 Å². The molecule has 0 aromatic heterocycles. The van der Waals surface area contributed by atoms with Crippen molar-refractivity contribution >= 4 is 21.6 Å². The second-order valence-electron chi connectivity index (χ2n) is 8.26. The number of likely N-dealkylation sites (N-methyl/N-ethyl adjacent to an activating group) is 1. The van der Waals surface area contributed by atoms with Crippen LogP contribution in [0.1, 0.15) is 32.8 Å². The Morgan fingerprint density at radius 3 is 2.43 bits per heavy atom. The number of hydrogen-bond donors (Lipinski definition) is 1. The lowest BCUT2D eigenvalue weighted by Crippen LogP contribution is -2.35. The number of anilines is 1. The van der Waals surface area contributed by atoms with Crippen molar-refractivity contribution in [2.24, 2.45) is 0 Å². The van der Waals surface area contributed by atoms with Crippen molar-refractivity contribution in [3.8, 4) is 11.5 Å². The molecule has 7 nitrogen and oxygen atoms in total. The van der Waals surface area contributed by atoms with Gasteiger partial charge in [-0.05, 0) is 29.2 Å². The van der Waals surface area contributed by atoms with E-state index in [-0.39, 0.29) is 16.9 Å². The summed E-state index contributed by atoms with van der Waals surface area (Å²) >= 11 is 0. The van der Waals surface area contributed by atoms with E-state index in [0.717, 1.165) is 16.3 Å². The van der Waals surface area contributed by atoms with E-state index in [1.807, 2.05) is 24.3 Å². The third kappa shape index (κ3) is 4.94. The maximum atomic E-state index is 13.0. The van der Waals surface area contributed by atoms with Crippen LogP contribution in [0.3, 0.4) is 0 Å². The van der Waals surface area contributed by atoms with E-state index in [0.29, 0.717) is 30.4 Å². The van der Waals surface area contributed by atoms with Gasteiger partial charge in [-0.2, -0.15) is 4.31 Å². The Morgan fingerprint density at radius 2 is 1.73 bits per heavy atom. The van der Waals surface area contributed by atoms with Crippen LogP contribution in [0.4, 0.5) is 5.69 Å². The first-order valence-corrected chi connectivity index (χ1v) is 11.3. The highest BCUT2D eigenvalue weighted by atomic mass is 32.2. The summed E-state index contributed by atoms with van der Waals surface area (Å²) in [5.74, 6) is 0.503. The fourth-order valence-electron chi connectivity index (χ4n) is 3.21. The fraction of sp³-hybridized carbons (Fsp3) is 0.409. The van der Waals surface area contributed by atoms with Crippen LogP contribution in [0.5, 0.6) is 11.5 Å². The van der Waals surface area contributed by atoms with Crippen molar-refractivity contribution in [2.45, 2.75) is 37.5 Å². The second-order valence-corrected chi connectivity index (χ2v) is 10.3. The molecule has 0 saturated heterocycles. The molecule has 1 aliphatic heterocycles. The number of amides is 1. The lowest BCUT2D eigenvalue weighted by atomic mass is 9.86. The third-order valence-electron chi connectivity index (χ3n) is 4.80. The molecule has 2 aromatic rings. The van der Waals surface area contributed by atoms with Crippen molar-refractivity contribution in [1.29, 1.82) is 0 Å². The molecule has 1 amide bonds. The molecule has 0 aliphatic carbocycles. The molecule has 1 aliphatic rings. The minimum atomic E-state index is -3.87. The number of rotatable bonds is 5. The number of ether oxygens (including phenoxy) is 2. The number of carbonyl (C=O) groups excluding carboxylic acids is 1. The Bertz CT molecular complexity index is 1030. The molecule has 162 valence electrons. The van der Waals surface area contributed by atoms with Crippen LogP contribution < -0.4 is 14.8 Å². The zero-order valence-corrected chi connectivity index (χ0v) is 18.6. The number of hydrogen-bond acceptors (Lipinski definition) is 5. The maximum absolute atomic E-state index is 13.0. The Kier molecular flexibility index (Phi) is 6.38. The molecule has 0 spiro atoms. The van der Waals surface area contributed by atoms with Crippen molar-refractivity contribution < 1.29 is 22.7 Å². The van der Waals surface area contributed by atoms with Gasteiger partial charge in [0.25, 0.3) is 0 Å². The average molecular weight is 433 g/mol. The maximum Gasteiger partial charge on any atom is 0.243 e. The number of nitrogens with one attached hydrogen (secondary N) is 1. The van der Waals surface area contributed by atoms with Crippen molar-refractivity contribution in [3.05, 3.63) is 48.0 Å². The molecule has 0 atom stereocenters. The van der Waals surface area contributed by atoms with Crippen molar-refractivity contribution in [2.75, 3.05) is 32.1 Å². The summed E-state index contributed by atoms with van der Waals surface area (Å²) in [6.45, 7) is 6.84. The first kappa shape index (κ1) is 22.1. The Hall–Kier alpha value is -2.58. The summed E-state index contributed by atoms with van der Waals surface area (Å²) in [5, 5.41) is 2.84. The monoisotopic (exact) mass is 432 g/mol. The molecule has 1 heterocycles. The summed E-state index contributed by atoms with van der Waals surface area (Å²) in [6, 6.07) is 12.0. The van der Waals surface area contributed by atoms with Crippen LogP contribution in [0, 0.1) is 0 Å². The number of benzene rings is 2. The molecule has 0 bridgehead atoms. The topological polar surface area (TPSA) is 84.9 Å². The van der Waals surface area contributed by atoms with E-state index in [1.165, 1.54) is 19.2 Å². The van der Waals surface area contributed by atoms with Crippen LogP contribution in [-0.4, -0.2) is 45.4 Å². The quantitative estimate of drug-likeness (QED) is 0.783. The molecular formula is C22H28N2O5S.